The van der Waals surface area contributed by atoms with Crippen LogP contribution in [0.25, 0.3) is 0 Å². The fourth-order valence-corrected chi connectivity index (χ4v) is 5.04. The molecule has 0 bridgehead atoms. The van der Waals surface area contributed by atoms with Crippen molar-refractivity contribution < 1.29 is 28.7 Å². The average Bonchev–Trinajstić information content (AvgIpc) is 3.03. The second kappa shape index (κ2) is 9.78. The van der Waals surface area contributed by atoms with Crippen molar-refractivity contribution >= 4 is 29.6 Å². The first kappa shape index (κ1) is 28.6. The summed E-state index contributed by atoms with van der Waals surface area (Å²) in [5.41, 5.74) is 3.62. The van der Waals surface area contributed by atoms with Crippen molar-refractivity contribution in [1.29, 1.82) is 0 Å². The molecule has 0 spiro atoms. The maximum Gasteiger partial charge on any atom is 0.408 e. The summed E-state index contributed by atoms with van der Waals surface area (Å²) in [6.45, 7) is 17.0. The number of carbonyl (C=O) groups is 5. The number of alkyl carbamates (subject to hydrolysis) is 1. The Morgan fingerprint density at radius 2 is 1.63 bits per heavy atom. The first-order valence-corrected chi connectivity index (χ1v) is 12.3. The maximum atomic E-state index is 13.8. The number of piperidine rings is 1. The lowest BCUT2D eigenvalue weighted by Crippen LogP contribution is -2.60. The lowest BCUT2D eigenvalue weighted by molar-refractivity contribution is -0.145. The number of Topliss-reactive ketones (excluding diaryl/α,β-unsaturated/α-hetero) is 1. The molecule has 0 radical (unpaired) electrons. The fourth-order valence-electron chi connectivity index (χ4n) is 5.04. The third kappa shape index (κ3) is 6.32. The predicted molar refractivity (Wildman–Crippen MR) is 130 cm³/mol. The largest absolute Gasteiger partial charge is 0.444 e. The molecule has 35 heavy (non-hydrogen) atoms. The van der Waals surface area contributed by atoms with Gasteiger partial charge in [0, 0.05) is 6.54 Å². The number of nitrogens with zero attached hydrogens (tertiary/aromatic N) is 1. The van der Waals surface area contributed by atoms with Crippen molar-refractivity contribution in [1.82, 2.24) is 15.5 Å². The Hall–Kier alpha value is -2.65. The van der Waals surface area contributed by atoms with Crippen molar-refractivity contribution in [2.45, 2.75) is 98.9 Å². The highest BCUT2D eigenvalue weighted by molar-refractivity contribution is 6.37. The van der Waals surface area contributed by atoms with Crippen LogP contribution in [0.4, 0.5) is 4.79 Å². The highest BCUT2D eigenvalue weighted by atomic mass is 16.6. The van der Waals surface area contributed by atoms with Crippen molar-refractivity contribution in [2.24, 2.45) is 28.4 Å². The van der Waals surface area contributed by atoms with Crippen LogP contribution in [0.5, 0.6) is 0 Å². The SMILES string of the molecule is CCC[C@H](NC(=O)C1[C@@H]2[C@H](CN1C(=O)C(NC(=O)OC(C)(C)C)C(C)(C)C)C2(C)C)C(=O)C(N)=O. The van der Waals surface area contributed by atoms with Gasteiger partial charge in [-0.25, -0.2) is 4.79 Å². The van der Waals surface area contributed by atoms with Crippen LogP contribution in [-0.4, -0.2) is 64.8 Å². The summed E-state index contributed by atoms with van der Waals surface area (Å²) in [6, 6.07) is -2.80. The van der Waals surface area contributed by atoms with Gasteiger partial charge in [0.2, 0.25) is 17.6 Å². The van der Waals surface area contributed by atoms with Crippen molar-refractivity contribution in [3.8, 4) is 0 Å². The molecule has 2 rings (SSSR count). The molecule has 1 heterocycles. The quantitative estimate of drug-likeness (QED) is 0.438. The second-order valence-electron chi connectivity index (χ2n) is 12.4. The van der Waals surface area contributed by atoms with E-state index in [0.29, 0.717) is 13.0 Å². The highest BCUT2D eigenvalue weighted by Crippen LogP contribution is 2.65. The van der Waals surface area contributed by atoms with Gasteiger partial charge in [0.05, 0.1) is 6.04 Å². The van der Waals surface area contributed by atoms with Crippen LogP contribution in [0, 0.1) is 22.7 Å². The number of nitrogens with two attached hydrogens (primary N) is 1. The number of carbonyl (C=O) groups excluding carboxylic acids is 5. The van der Waals surface area contributed by atoms with Crippen LogP contribution in [0.2, 0.25) is 0 Å². The zero-order valence-electron chi connectivity index (χ0n) is 22.5. The normalized spacial score (nSPS) is 24.6. The number of fused-ring (bicyclic) bond motifs is 1. The summed E-state index contributed by atoms with van der Waals surface area (Å²) in [5, 5.41) is 5.37. The van der Waals surface area contributed by atoms with Gasteiger partial charge in [-0.15, -0.1) is 0 Å². The van der Waals surface area contributed by atoms with Gasteiger partial charge in [0.15, 0.2) is 0 Å². The van der Waals surface area contributed by atoms with Crippen LogP contribution in [0.15, 0.2) is 0 Å². The third-order valence-electron chi connectivity index (χ3n) is 6.99. The third-order valence-corrected chi connectivity index (χ3v) is 6.99. The average molecular weight is 495 g/mol. The van der Waals surface area contributed by atoms with E-state index in [1.807, 2.05) is 41.5 Å². The number of nitrogens with one attached hydrogen (secondary N) is 2. The Kier molecular flexibility index (Phi) is 7.98. The molecule has 0 aromatic rings. The zero-order valence-corrected chi connectivity index (χ0v) is 22.5. The molecule has 5 atom stereocenters. The van der Waals surface area contributed by atoms with Crippen molar-refractivity contribution in [3.05, 3.63) is 0 Å². The van der Waals surface area contributed by atoms with Gasteiger partial charge < -0.3 is 26.0 Å². The molecule has 2 aliphatic rings. The van der Waals surface area contributed by atoms with Gasteiger partial charge in [-0.3, -0.25) is 19.2 Å². The van der Waals surface area contributed by atoms with Gasteiger partial charge in [-0.1, -0.05) is 48.0 Å². The monoisotopic (exact) mass is 494 g/mol. The lowest BCUT2D eigenvalue weighted by Gasteiger charge is -2.38. The summed E-state index contributed by atoms with van der Waals surface area (Å²) < 4.78 is 5.36. The summed E-state index contributed by atoms with van der Waals surface area (Å²) in [6.07, 6.45) is 0.101. The molecular weight excluding hydrogens is 452 g/mol. The van der Waals surface area contributed by atoms with Crippen molar-refractivity contribution in [3.63, 3.8) is 0 Å². The Morgan fingerprint density at radius 3 is 2.09 bits per heavy atom. The molecule has 198 valence electrons. The van der Waals surface area contributed by atoms with Crippen LogP contribution in [-0.2, 0) is 23.9 Å². The molecule has 2 unspecified atom stereocenters. The van der Waals surface area contributed by atoms with Crippen LogP contribution in [0.3, 0.4) is 0 Å². The fraction of sp³-hybridized carbons (Fsp3) is 0.800. The Balaban J connectivity index is 2.31. The molecule has 0 aromatic heterocycles. The van der Waals surface area contributed by atoms with E-state index in [-0.39, 0.29) is 29.6 Å². The van der Waals surface area contributed by atoms with E-state index in [1.165, 1.54) is 4.90 Å². The first-order chi connectivity index (χ1) is 15.8. The zero-order chi connectivity index (χ0) is 27.1. The number of rotatable bonds is 8. The number of ether oxygens (including phenoxy) is 1. The molecule has 1 saturated heterocycles. The van der Waals surface area contributed by atoms with E-state index in [9.17, 15) is 24.0 Å². The smallest absolute Gasteiger partial charge is 0.408 e. The minimum absolute atomic E-state index is 0.0976. The molecule has 4 N–H and O–H groups in total. The minimum atomic E-state index is -1.11. The van der Waals surface area contributed by atoms with E-state index in [2.05, 4.69) is 10.6 Å². The maximum absolute atomic E-state index is 13.8. The van der Waals surface area contributed by atoms with Gasteiger partial charge in [0.25, 0.3) is 5.91 Å². The van der Waals surface area contributed by atoms with Crippen LogP contribution in [0.1, 0.15) is 75.2 Å². The number of ketones is 1. The van der Waals surface area contributed by atoms with E-state index < -0.39 is 52.8 Å². The standard InChI is InChI=1S/C25H42N4O6/c1-10-11-14(17(30)19(26)31)27-20(32)16-15-13(25(15,8)9)12-29(16)21(33)18(23(2,3)4)28-22(34)35-24(5,6)7/h13-16,18H,10-12H2,1-9H3,(H2,26,31)(H,27,32)(H,28,34)/t13-,14-,15-,16?,18?/m0/s1. The number of amides is 4. The van der Waals surface area contributed by atoms with Crippen LogP contribution >= 0.6 is 0 Å². The molecule has 2 fully saturated rings. The summed E-state index contributed by atoms with van der Waals surface area (Å²) in [5.74, 6) is -2.83. The molecule has 10 nitrogen and oxygen atoms in total. The molecular formula is C25H42N4O6. The number of hydrogen-bond donors (Lipinski definition) is 3. The van der Waals surface area contributed by atoms with Gasteiger partial charge >= 0.3 is 6.09 Å². The van der Waals surface area contributed by atoms with E-state index >= 15 is 0 Å². The second-order valence-corrected chi connectivity index (χ2v) is 12.4. The van der Waals surface area contributed by atoms with Crippen LogP contribution < -0.4 is 16.4 Å². The lowest BCUT2D eigenvalue weighted by atomic mass is 9.85. The first-order valence-electron chi connectivity index (χ1n) is 12.3. The minimum Gasteiger partial charge on any atom is -0.444 e. The van der Waals surface area contributed by atoms with Crippen molar-refractivity contribution in [2.75, 3.05) is 6.54 Å². The van der Waals surface area contributed by atoms with Gasteiger partial charge in [0.1, 0.15) is 17.7 Å². The summed E-state index contributed by atoms with van der Waals surface area (Å²) >= 11 is 0. The molecule has 0 aromatic carbocycles. The van der Waals surface area contributed by atoms with E-state index in [1.54, 1.807) is 20.8 Å². The van der Waals surface area contributed by atoms with E-state index in [0.717, 1.165) is 0 Å². The Morgan fingerprint density at radius 1 is 1.06 bits per heavy atom. The Labute approximate surface area is 208 Å². The molecule has 10 heteroatoms. The highest BCUT2D eigenvalue weighted by Gasteiger charge is 2.69. The number of likely N-dealkylation sites (tertiary alicyclic amines) is 1. The molecule has 1 aliphatic heterocycles. The molecule has 4 amide bonds. The molecule has 1 saturated carbocycles. The van der Waals surface area contributed by atoms with Gasteiger partial charge in [-0.05, 0) is 49.9 Å². The number of primary amides is 1. The topological polar surface area (TPSA) is 148 Å². The van der Waals surface area contributed by atoms with Gasteiger partial charge in [-0.2, -0.15) is 0 Å². The Bertz CT molecular complexity index is 885. The molecule has 1 aliphatic carbocycles. The van der Waals surface area contributed by atoms with E-state index in [4.69, 9.17) is 10.5 Å². The number of hydrogen-bond acceptors (Lipinski definition) is 6. The summed E-state index contributed by atoms with van der Waals surface area (Å²) in [4.78, 5) is 65.0. The predicted octanol–water partition coefficient (Wildman–Crippen LogP) is 1.75. The summed E-state index contributed by atoms with van der Waals surface area (Å²) in [7, 11) is 0.